The summed E-state index contributed by atoms with van der Waals surface area (Å²) < 4.78 is 22.5. The van der Waals surface area contributed by atoms with Crippen molar-refractivity contribution in [2.45, 2.75) is 13.0 Å². The molecule has 5 heteroatoms. The van der Waals surface area contributed by atoms with E-state index in [2.05, 4.69) is 5.32 Å². The van der Waals surface area contributed by atoms with E-state index < -0.39 is 9.84 Å². The molecule has 0 unspecified atom stereocenters. The van der Waals surface area contributed by atoms with Gasteiger partial charge in [0.25, 0.3) is 0 Å². The van der Waals surface area contributed by atoms with Gasteiger partial charge in [0, 0.05) is 16.1 Å². The second-order valence-corrected chi connectivity index (χ2v) is 6.16. The molecule has 1 heterocycles. The number of rotatable bonds is 2. The van der Waals surface area contributed by atoms with Crippen LogP contribution in [0.1, 0.15) is 5.56 Å². The van der Waals surface area contributed by atoms with Crippen LogP contribution in [0.25, 0.3) is 0 Å². The van der Waals surface area contributed by atoms with Crippen LogP contribution in [0.2, 0.25) is 5.02 Å². The first-order chi connectivity index (χ1) is 7.48. The molecule has 3 nitrogen and oxygen atoms in total. The van der Waals surface area contributed by atoms with E-state index in [1.54, 1.807) is 6.08 Å². The van der Waals surface area contributed by atoms with E-state index in [-0.39, 0.29) is 11.8 Å². The number of halogens is 1. The summed E-state index contributed by atoms with van der Waals surface area (Å²) in [7, 11) is -3.01. The summed E-state index contributed by atoms with van der Waals surface area (Å²) in [5.41, 5.74) is 1.81. The highest BCUT2D eigenvalue weighted by Gasteiger charge is 2.21. The van der Waals surface area contributed by atoms with Crippen molar-refractivity contribution >= 4 is 27.1 Å². The van der Waals surface area contributed by atoms with E-state index in [4.69, 9.17) is 11.6 Å². The molecule has 16 heavy (non-hydrogen) atoms. The summed E-state index contributed by atoms with van der Waals surface area (Å²) in [5.74, 6) is 0.110. The predicted molar refractivity (Wildman–Crippen MR) is 66.5 cm³/mol. The molecule has 1 aromatic carbocycles. The van der Waals surface area contributed by atoms with Crippen molar-refractivity contribution in [3.05, 3.63) is 40.3 Å². The first kappa shape index (κ1) is 11.5. The Bertz CT molecular complexity index is 537. The second kappa shape index (κ2) is 4.11. The fourth-order valence-electron chi connectivity index (χ4n) is 1.63. The molecule has 0 radical (unpaired) electrons. The summed E-state index contributed by atoms with van der Waals surface area (Å²) in [5, 5.41) is 5.09. The molecule has 0 aliphatic carbocycles. The molecule has 2 rings (SSSR count). The lowest BCUT2D eigenvalue weighted by Crippen LogP contribution is -2.21. The molecule has 0 saturated heterocycles. The van der Waals surface area contributed by atoms with Gasteiger partial charge in [-0.1, -0.05) is 23.7 Å². The minimum absolute atomic E-state index is 0.110. The molecular weight excluding hydrogens is 246 g/mol. The Kier molecular flexibility index (Phi) is 2.95. The quantitative estimate of drug-likeness (QED) is 0.885. The van der Waals surface area contributed by atoms with Gasteiger partial charge < -0.3 is 5.32 Å². The van der Waals surface area contributed by atoms with Crippen molar-refractivity contribution in [2.24, 2.45) is 0 Å². The zero-order chi connectivity index (χ0) is 11.8. The number of hydrogen-bond donors (Lipinski definition) is 1. The van der Waals surface area contributed by atoms with Gasteiger partial charge in [-0.15, -0.1) is 0 Å². The van der Waals surface area contributed by atoms with Crippen molar-refractivity contribution in [1.82, 2.24) is 0 Å². The molecule has 1 aliphatic rings. The maximum absolute atomic E-state index is 11.2. The highest BCUT2D eigenvalue weighted by molar-refractivity contribution is 7.94. The molecule has 86 valence electrons. The lowest BCUT2D eigenvalue weighted by atomic mass is 10.2. The lowest BCUT2D eigenvalue weighted by Gasteiger charge is -2.14. The number of sulfone groups is 1. The smallest absolute Gasteiger partial charge is 0.173 e. The van der Waals surface area contributed by atoms with Gasteiger partial charge in [0.15, 0.2) is 9.84 Å². The van der Waals surface area contributed by atoms with E-state index in [9.17, 15) is 8.42 Å². The van der Waals surface area contributed by atoms with Gasteiger partial charge in [0.05, 0.1) is 11.8 Å². The van der Waals surface area contributed by atoms with Crippen molar-refractivity contribution in [3.8, 4) is 0 Å². The molecule has 0 saturated carbocycles. The molecule has 1 aromatic rings. The lowest BCUT2D eigenvalue weighted by molar-refractivity contribution is 0.605. The molecule has 0 amide bonds. The standard InChI is InChI=1S/C11H12ClNO2S/c1-8-10(12)3-2-4-11(8)13-9-5-6-16(14,15)7-9/h2-6,9,13H,7H2,1H3/t9-/m1/s1. The van der Waals surface area contributed by atoms with Gasteiger partial charge in [0.2, 0.25) is 0 Å². The van der Waals surface area contributed by atoms with Crippen LogP contribution in [0.5, 0.6) is 0 Å². The Morgan fingerprint density at radius 2 is 2.19 bits per heavy atom. The third-order valence-electron chi connectivity index (χ3n) is 2.54. The molecule has 0 aromatic heterocycles. The largest absolute Gasteiger partial charge is 0.378 e. The van der Waals surface area contributed by atoms with Gasteiger partial charge in [-0.3, -0.25) is 0 Å². The number of anilines is 1. The first-order valence-electron chi connectivity index (χ1n) is 4.90. The SMILES string of the molecule is Cc1c(Cl)cccc1N[C@@H]1C=CS(=O)(=O)C1. The third kappa shape index (κ3) is 2.39. The first-order valence-corrected chi connectivity index (χ1v) is 7.00. The third-order valence-corrected chi connectivity index (χ3v) is 4.34. The number of benzene rings is 1. The topological polar surface area (TPSA) is 46.2 Å². The predicted octanol–water partition coefficient (Wildman–Crippen LogP) is 2.37. The summed E-state index contributed by atoms with van der Waals surface area (Å²) >= 11 is 5.98. The van der Waals surface area contributed by atoms with E-state index in [1.165, 1.54) is 5.41 Å². The number of nitrogens with one attached hydrogen (secondary N) is 1. The molecule has 0 fully saturated rings. The van der Waals surface area contributed by atoms with Crippen molar-refractivity contribution in [3.63, 3.8) is 0 Å². The summed E-state index contributed by atoms with van der Waals surface area (Å²) in [6.45, 7) is 1.90. The Morgan fingerprint density at radius 1 is 1.44 bits per heavy atom. The Labute approximate surface area is 100 Å². The van der Waals surface area contributed by atoms with Crippen LogP contribution in [-0.2, 0) is 9.84 Å². The highest BCUT2D eigenvalue weighted by Crippen LogP contribution is 2.24. The van der Waals surface area contributed by atoms with Crippen LogP contribution in [-0.4, -0.2) is 20.2 Å². The zero-order valence-corrected chi connectivity index (χ0v) is 10.3. The molecule has 0 bridgehead atoms. The normalized spacial score (nSPS) is 22.2. The van der Waals surface area contributed by atoms with Crippen molar-refractivity contribution in [1.29, 1.82) is 0 Å². The molecular formula is C11H12ClNO2S. The molecule has 0 spiro atoms. The van der Waals surface area contributed by atoms with Crippen molar-refractivity contribution in [2.75, 3.05) is 11.1 Å². The molecule has 1 atom stereocenters. The summed E-state index contributed by atoms with van der Waals surface area (Å²) in [6.07, 6.45) is 1.66. The second-order valence-electron chi connectivity index (χ2n) is 3.82. The fourth-order valence-corrected chi connectivity index (χ4v) is 3.04. The average Bonchev–Trinajstić information content (AvgIpc) is 2.53. The minimum atomic E-state index is -3.01. The van der Waals surface area contributed by atoms with Crippen LogP contribution < -0.4 is 5.32 Å². The Balaban J connectivity index is 2.17. The van der Waals surface area contributed by atoms with Gasteiger partial charge in [-0.05, 0) is 24.6 Å². The average molecular weight is 258 g/mol. The summed E-state index contributed by atoms with van der Waals surface area (Å²) in [6, 6.07) is 5.37. The van der Waals surface area contributed by atoms with Gasteiger partial charge in [-0.2, -0.15) is 0 Å². The monoisotopic (exact) mass is 257 g/mol. The Hall–Kier alpha value is -1.00. The maximum atomic E-state index is 11.2. The van der Waals surface area contributed by atoms with Gasteiger partial charge in [0.1, 0.15) is 0 Å². The highest BCUT2D eigenvalue weighted by atomic mass is 35.5. The van der Waals surface area contributed by atoms with Gasteiger partial charge >= 0.3 is 0 Å². The zero-order valence-electron chi connectivity index (χ0n) is 8.77. The minimum Gasteiger partial charge on any atom is -0.378 e. The van der Waals surface area contributed by atoms with Crippen LogP contribution >= 0.6 is 11.6 Å². The Morgan fingerprint density at radius 3 is 2.81 bits per heavy atom. The molecule has 1 aliphatic heterocycles. The number of hydrogen-bond acceptors (Lipinski definition) is 3. The van der Waals surface area contributed by atoms with Crippen LogP contribution in [0.4, 0.5) is 5.69 Å². The van der Waals surface area contributed by atoms with E-state index in [0.29, 0.717) is 5.02 Å². The van der Waals surface area contributed by atoms with E-state index >= 15 is 0 Å². The van der Waals surface area contributed by atoms with Gasteiger partial charge in [-0.25, -0.2) is 8.42 Å². The molecule has 1 N–H and O–H groups in total. The fraction of sp³-hybridized carbons (Fsp3) is 0.273. The summed E-state index contributed by atoms with van der Waals surface area (Å²) in [4.78, 5) is 0. The van der Waals surface area contributed by atoms with Crippen LogP contribution in [0.15, 0.2) is 29.7 Å². The van der Waals surface area contributed by atoms with E-state index in [1.807, 2.05) is 25.1 Å². The van der Waals surface area contributed by atoms with Crippen molar-refractivity contribution < 1.29 is 8.42 Å². The van der Waals surface area contributed by atoms with Crippen LogP contribution in [0, 0.1) is 6.92 Å². The van der Waals surface area contributed by atoms with Crippen LogP contribution in [0.3, 0.4) is 0 Å². The maximum Gasteiger partial charge on any atom is 0.173 e. The van der Waals surface area contributed by atoms with E-state index in [0.717, 1.165) is 11.3 Å².